The molecule has 0 amide bonds. The first kappa shape index (κ1) is 44.4. The second-order valence-electron chi connectivity index (χ2n) is 15.5. The highest BCUT2D eigenvalue weighted by molar-refractivity contribution is 5.83. The molecule has 0 radical (unpaired) electrons. The van der Waals surface area contributed by atoms with E-state index in [2.05, 4.69) is 5.92 Å². The van der Waals surface area contributed by atoms with Gasteiger partial charge in [0.2, 0.25) is 0 Å². The van der Waals surface area contributed by atoms with Crippen molar-refractivity contribution < 1.29 is 57.8 Å². The largest absolute Gasteiger partial charge is 0.461 e. The number of benzene rings is 1. The van der Waals surface area contributed by atoms with Crippen LogP contribution in [0.5, 0.6) is 0 Å². The van der Waals surface area contributed by atoms with Gasteiger partial charge in [-0.05, 0) is 65.6 Å². The summed E-state index contributed by atoms with van der Waals surface area (Å²) in [5.74, 6) is -4.06. The SMILES string of the molecule is C#CCN(C)[C@H]1C[C@@H](C)O[C@@H](O[C@@H]2[C@@H](C)[C@H](OC(=O)Cc3ccccc3F)[C@@H](C)C(=O)O[C@H](CC)[C@@](C)(O)[C@H](O)[C@@H](C)C(=O)[C@H](C)C[C@@]2(C)OC)[C@@H]1O. The Morgan fingerprint density at radius 2 is 1.75 bits per heavy atom. The van der Waals surface area contributed by atoms with Crippen molar-refractivity contribution in [1.29, 1.82) is 0 Å². The van der Waals surface area contributed by atoms with E-state index in [9.17, 15) is 34.1 Å². The predicted molar refractivity (Wildman–Crippen MR) is 194 cm³/mol. The molecule has 0 unspecified atom stereocenters. The van der Waals surface area contributed by atoms with Gasteiger partial charge in [0, 0.05) is 30.9 Å². The number of nitrogens with zero attached hydrogens (tertiary/aromatic N) is 1. The van der Waals surface area contributed by atoms with Crippen LogP contribution < -0.4 is 0 Å². The van der Waals surface area contributed by atoms with Crippen LogP contribution in [0.1, 0.15) is 80.2 Å². The molecule has 12 nitrogen and oxygen atoms in total. The normalized spacial score (nSPS) is 39.1. The number of esters is 2. The smallest absolute Gasteiger partial charge is 0.312 e. The van der Waals surface area contributed by atoms with Crippen LogP contribution in [-0.4, -0.2) is 119 Å². The molecule has 0 aliphatic carbocycles. The van der Waals surface area contributed by atoms with Crippen LogP contribution in [0.4, 0.5) is 4.39 Å². The monoisotopic (exact) mass is 749 g/mol. The zero-order valence-corrected chi connectivity index (χ0v) is 32.8. The number of aliphatic hydroxyl groups is 3. The lowest BCUT2D eigenvalue weighted by Gasteiger charge is -2.48. The van der Waals surface area contributed by atoms with E-state index in [1.54, 1.807) is 40.8 Å². The molecule has 3 rings (SSSR count). The van der Waals surface area contributed by atoms with Gasteiger partial charge in [0.15, 0.2) is 6.29 Å². The maximum atomic E-state index is 14.6. The molecular weight excluding hydrogens is 689 g/mol. The first-order valence-corrected chi connectivity index (χ1v) is 18.5. The standard InChI is InChI=1S/C40H60FNO11/c1-12-18-42(10)29-19-23(4)50-38(33(29)45)53-36-25(6)34(52-31(43)20-27-16-14-15-17-28(27)41)26(7)37(47)51-30(13-2)40(9,48)35(46)24(5)32(44)22(3)21-39(36,8)49-11/h1,14-17,22-26,29-30,33-36,38,45-46,48H,13,18-21H2,2-11H3/t22-,23-,24+,25+,26-,29+,30-,33-,34+,35-,36-,38+,39-,40-/m1/s1. The molecule has 2 heterocycles. The molecule has 3 N–H and O–H groups in total. The Morgan fingerprint density at radius 3 is 2.34 bits per heavy atom. The molecule has 0 bridgehead atoms. The minimum Gasteiger partial charge on any atom is -0.461 e. The van der Waals surface area contributed by atoms with Gasteiger partial charge in [-0.3, -0.25) is 19.3 Å². The first-order valence-electron chi connectivity index (χ1n) is 18.5. The molecule has 2 aliphatic rings. The molecule has 2 saturated heterocycles. The van der Waals surface area contributed by atoms with E-state index >= 15 is 0 Å². The molecule has 13 heteroatoms. The van der Waals surface area contributed by atoms with E-state index in [0.29, 0.717) is 6.42 Å². The molecule has 1 aromatic rings. The lowest BCUT2D eigenvalue weighted by atomic mass is 9.74. The Labute approximate surface area is 313 Å². The molecular formula is C40H60FNO11. The second kappa shape index (κ2) is 18.6. The van der Waals surface area contributed by atoms with Crippen LogP contribution in [0.3, 0.4) is 0 Å². The maximum Gasteiger partial charge on any atom is 0.312 e. The van der Waals surface area contributed by atoms with Crippen molar-refractivity contribution in [3.63, 3.8) is 0 Å². The van der Waals surface area contributed by atoms with Gasteiger partial charge in [-0.25, -0.2) is 4.39 Å². The number of carbonyl (C=O) groups excluding carboxylic acids is 3. The van der Waals surface area contributed by atoms with E-state index in [-0.39, 0.29) is 36.8 Å². The lowest BCUT2D eigenvalue weighted by molar-refractivity contribution is -0.302. The Morgan fingerprint density at radius 1 is 1.11 bits per heavy atom. The minimum absolute atomic E-state index is 0.0151. The number of likely N-dealkylation sites (N-methyl/N-ethyl adjacent to an activating group) is 1. The number of hydrogen-bond donors (Lipinski definition) is 3. The number of ketones is 1. The average molecular weight is 750 g/mol. The van der Waals surface area contributed by atoms with E-state index < -0.39 is 102 Å². The summed E-state index contributed by atoms with van der Waals surface area (Å²) < 4.78 is 45.6. The number of carbonyl (C=O) groups is 3. The molecule has 53 heavy (non-hydrogen) atoms. The Kier molecular flexibility index (Phi) is 15.6. The van der Waals surface area contributed by atoms with Crippen LogP contribution in [0, 0.1) is 41.8 Å². The number of methoxy groups -OCH3 is 1. The van der Waals surface area contributed by atoms with Gasteiger partial charge in [0.05, 0.1) is 42.8 Å². The Bertz CT molecular complexity index is 1450. The summed E-state index contributed by atoms with van der Waals surface area (Å²) in [5.41, 5.74) is -3.32. The second-order valence-corrected chi connectivity index (χ2v) is 15.5. The average Bonchev–Trinajstić information content (AvgIpc) is 3.11. The highest BCUT2D eigenvalue weighted by Gasteiger charge is 2.53. The topological polar surface area (TPSA) is 161 Å². The third-order valence-electron chi connectivity index (χ3n) is 11.3. The predicted octanol–water partition coefficient (Wildman–Crippen LogP) is 3.45. The van der Waals surface area contributed by atoms with E-state index in [1.165, 1.54) is 46.1 Å². The van der Waals surface area contributed by atoms with Crippen molar-refractivity contribution in [3.05, 3.63) is 35.6 Å². The van der Waals surface area contributed by atoms with Crippen LogP contribution in [0.25, 0.3) is 0 Å². The highest BCUT2D eigenvalue weighted by Crippen LogP contribution is 2.40. The summed E-state index contributed by atoms with van der Waals surface area (Å²) in [4.78, 5) is 43.3. The van der Waals surface area contributed by atoms with E-state index in [1.807, 2.05) is 11.8 Å². The maximum absolute atomic E-state index is 14.6. The molecule has 2 aliphatic heterocycles. The van der Waals surface area contributed by atoms with Gasteiger partial charge in [0.1, 0.15) is 35.5 Å². The summed E-state index contributed by atoms with van der Waals surface area (Å²) >= 11 is 0. The molecule has 0 spiro atoms. The van der Waals surface area contributed by atoms with Crippen molar-refractivity contribution in [2.45, 2.75) is 141 Å². The number of rotatable bonds is 9. The highest BCUT2D eigenvalue weighted by atomic mass is 19.1. The number of terminal acetylenes is 1. The zero-order valence-electron chi connectivity index (χ0n) is 32.8. The molecule has 2 fully saturated rings. The van der Waals surface area contributed by atoms with Crippen LogP contribution in [-0.2, 0) is 44.5 Å². The summed E-state index contributed by atoms with van der Waals surface area (Å²) in [6, 6.07) is 5.31. The van der Waals surface area contributed by atoms with Crippen LogP contribution in [0.15, 0.2) is 24.3 Å². The van der Waals surface area contributed by atoms with Gasteiger partial charge in [0.25, 0.3) is 0 Å². The van der Waals surface area contributed by atoms with Crippen molar-refractivity contribution in [2.75, 3.05) is 20.7 Å². The molecule has 14 atom stereocenters. The molecule has 298 valence electrons. The minimum atomic E-state index is -2.03. The van der Waals surface area contributed by atoms with Crippen molar-refractivity contribution in [1.82, 2.24) is 4.90 Å². The van der Waals surface area contributed by atoms with Gasteiger partial charge in [-0.2, -0.15) is 0 Å². The molecule has 0 aromatic heterocycles. The Balaban J connectivity index is 2.20. The third-order valence-corrected chi connectivity index (χ3v) is 11.3. The van der Waals surface area contributed by atoms with E-state index in [4.69, 9.17) is 30.1 Å². The number of Topliss-reactive ketones (excluding diaryl/α,β-unsaturated/α-hetero) is 1. The zero-order chi connectivity index (χ0) is 40.0. The molecule has 0 saturated carbocycles. The fourth-order valence-electron chi connectivity index (χ4n) is 7.96. The van der Waals surface area contributed by atoms with Crippen molar-refractivity contribution >= 4 is 17.7 Å². The Hall–Kier alpha value is -2.96. The number of aliphatic hydroxyl groups excluding tert-OH is 2. The summed E-state index contributed by atoms with van der Waals surface area (Å²) in [6.07, 6.45) is -2.42. The fourth-order valence-corrected chi connectivity index (χ4v) is 7.96. The van der Waals surface area contributed by atoms with Crippen molar-refractivity contribution in [2.24, 2.45) is 23.7 Å². The first-order chi connectivity index (χ1) is 24.7. The summed E-state index contributed by atoms with van der Waals surface area (Å²) in [6.45, 7) is 13.1. The van der Waals surface area contributed by atoms with Crippen LogP contribution >= 0.6 is 0 Å². The van der Waals surface area contributed by atoms with Gasteiger partial charge < -0.3 is 39.0 Å². The van der Waals surface area contributed by atoms with Gasteiger partial charge in [-0.1, -0.05) is 51.8 Å². The summed E-state index contributed by atoms with van der Waals surface area (Å²) in [5, 5.41) is 34.6. The number of ether oxygens (including phenoxy) is 5. The quantitative estimate of drug-likeness (QED) is 0.250. The van der Waals surface area contributed by atoms with Gasteiger partial charge >= 0.3 is 11.9 Å². The number of halogens is 1. The third kappa shape index (κ3) is 10.2. The van der Waals surface area contributed by atoms with Crippen LogP contribution in [0.2, 0.25) is 0 Å². The number of hydrogen-bond acceptors (Lipinski definition) is 12. The van der Waals surface area contributed by atoms with Crippen molar-refractivity contribution in [3.8, 4) is 12.3 Å². The van der Waals surface area contributed by atoms with Gasteiger partial charge in [-0.15, -0.1) is 6.42 Å². The fraction of sp³-hybridized carbons (Fsp3) is 0.725. The molecule has 1 aromatic carbocycles. The lowest BCUT2D eigenvalue weighted by Crippen LogP contribution is -2.61. The van der Waals surface area contributed by atoms with E-state index in [0.717, 1.165) is 0 Å². The summed E-state index contributed by atoms with van der Waals surface area (Å²) in [7, 11) is 3.22. The number of cyclic esters (lactones) is 1.